The summed E-state index contributed by atoms with van der Waals surface area (Å²) in [6.45, 7) is 4.90. The first-order chi connectivity index (χ1) is 13.6. The maximum Gasteiger partial charge on any atom is 0.180 e. The summed E-state index contributed by atoms with van der Waals surface area (Å²) >= 11 is 0. The second-order valence-electron chi connectivity index (χ2n) is 7.42. The molecule has 0 amide bonds. The molecule has 0 aliphatic heterocycles. The Kier molecular flexibility index (Phi) is 5.31. The van der Waals surface area contributed by atoms with Gasteiger partial charge in [0.05, 0.1) is 10.8 Å². The summed E-state index contributed by atoms with van der Waals surface area (Å²) in [4.78, 5) is 14.0. The number of ketones is 1. The van der Waals surface area contributed by atoms with Gasteiger partial charge in [0.1, 0.15) is 5.25 Å². The number of aryl methyl sites for hydroxylation is 2. The number of carbonyl (C=O) groups is 1. The fraction of sp³-hybridized carbons (Fsp3) is 0.292. The summed E-state index contributed by atoms with van der Waals surface area (Å²) in [6.07, 6.45) is 2.29. The van der Waals surface area contributed by atoms with E-state index in [-0.39, 0.29) is 5.78 Å². The molecule has 3 nitrogen and oxygen atoms in total. The smallest absolute Gasteiger partial charge is 0.180 e. The van der Waals surface area contributed by atoms with Crippen LogP contribution in [-0.4, -0.2) is 19.8 Å². The lowest BCUT2D eigenvalue weighted by Gasteiger charge is -2.23. The highest BCUT2D eigenvalue weighted by Crippen LogP contribution is 2.30. The Hall–Kier alpha value is -2.46. The van der Waals surface area contributed by atoms with Crippen LogP contribution in [0.25, 0.3) is 0 Å². The summed E-state index contributed by atoms with van der Waals surface area (Å²) in [5.74, 6) is 0.0293. The van der Waals surface area contributed by atoms with Crippen LogP contribution < -0.4 is 0 Å². The maximum absolute atomic E-state index is 13.2. The summed E-state index contributed by atoms with van der Waals surface area (Å²) in [7, 11) is -1.31. The number of aromatic nitrogens is 1. The molecule has 0 saturated heterocycles. The van der Waals surface area contributed by atoms with Gasteiger partial charge in [0, 0.05) is 28.4 Å². The molecule has 144 valence electrons. The van der Waals surface area contributed by atoms with Crippen LogP contribution in [0.4, 0.5) is 0 Å². The van der Waals surface area contributed by atoms with Crippen LogP contribution in [0.3, 0.4) is 0 Å². The SMILES string of the molecule is CCc1cc2c(n1Cc1ccccc1)CCC(S(=O)c1ccc(C)cc1)C2=O. The zero-order valence-corrected chi connectivity index (χ0v) is 17.2. The average molecular weight is 392 g/mol. The number of hydrogen-bond acceptors (Lipinski definition) is 2. The van der Waals surface area contributed by atoms with Crippen LogP contribution >= 0.6 is 0 Å². The van der Waals surface area contributed by atoms with E-state index in [0.717, 1.165) is 41.1 Å². The van der Waals surface area contributed by atoms with Gasteiger partial charge in [-0.1, -0.05) is 55.0 Å². The third kappa shape index (κ3) is 3.49. The standard InChI is InChI=1S/C24H25NO2S/c1-3-19-15-21-22(25(19)16-18-7-5-4-6-8-18)13-14-23(24(21)26)28(27)20-11-9-17(2)10-12-20/h4-12,15,23H,3,13-14,16H2,1-2H3. The van der Waals surface area contributed by atoms with Gasteiger partial charge in [0.25, 0.3) is 0 Å². The third-order valence-corrected chi connectivity index (χ3v) is 7.26. The number of carbonyl (C=O) groups excluding carboxylic acids is 1. The van der Waals surface area contributed by atoms with Crippen molar-refractivity contribution in [2.45, 2.75) is 49.8 Å². The van der Waals surface area contributed by atoms with E-state index < -0.39 is 16.0 Å². The van der Waals surface area contributed by atoms with E-state index in [1.54, 1.807) is 0 Å². The fourth-order valence-electron chi connectivity index (χ4n) is 4.00. The second kappa shape index (κ2) is 7.88. The first-order valence-corrected chi connectivity index (χ1v) is 11.1. The molecule has 4 heteroatoms. The molecule has 0 N–H and O–H groups in total. The highest BCUT2D eigenvalue weighted by molar-refractivity contribution is 7.86. The van der Waals surface area contributed by atoms with E-state index in [4.69, 9.17) is 0 Å². The molecule has 3 aromatic rings. The lowest BCUT2D eigenvalue weighted by Crippen LogP contribution is -2.32. The molecule has 0 spiro atoms. The Bertz CT molecular complexity index is 1020. The molecule has 4 rings (SSSR count). The van der Waals surface area contributed by atoms with Crippen molar-refractivity contribution >= 4 is 16.6 Å². The lowest BCUT2D eigenvalue weighted by molar-refractivity contribution is 0.0977. The Balaban J connectivity index is 1.65. The topological polar surface area (TPSA) is 39.1 Å². The Labute approximate surface area is 168 Å². The summed E-state index contributed by atoms with van der Waals surface area (Å²) in [5.41, 5.74) is 5.40. The van der Waals surface area contributed by atoms with E-state index in [9.17, 15) is 9.00 Å². The first-order valence-electron chi connectivity index (χ1n) is 9.85. The second-order valence-corrected chi connectivity index (χ2v) is 9.06. The van der Waals surface area contributed by atoms with Crippen LogP contribution in [0.1, 0.15) is 46.2 Å². The third-order valence-electron chi connectivity index (χ3n) is 5.55. The summed E-state index contributed by atoms with van der Waals surface area (Å²) < 4.78 is 15.4. The van der Waals surface area contributed by atoms with E-state index in [2.05, 4.69) is 23.6 Å². The van der Waals surface area contributed by atoms with Gasteiger partial charge in [0.2, 0.25) is 0 Å². The van der Waals surface area contributed by atoms with E-state index >= 15 is 0 Å². The van der Waals surface area contributed by atoms with E-state index in [0.29, 0.717) is 6.42 Å². The first kappa shape index (κ1) is 18.9. The zero-order valence-electron chi connectivity index (χ0n) is 16.4. The maximum atomic E-state index is 13.2. The molecule has 0 fully saturated rings. The van der Waals surface area contributed by atoms with Crippen LogP contribution in [0, 0.1) is 6.92 Å². The van der Waals surface area contributed by atoms with Crippen molar-refractivity contribution in [3.63, 3.8) is 0 Å². The number of benzene rings is 2. The number of hydrogen-bond donors (Lipinski definition) is 0. The number of rotatable bonds is 5. The summed E-state index contributed by atoms with van der Waals surface area (Å²) in [6, 6.07) is 20.0. The molecule has 1 heterocycles. The van der Waals surface area contributed by atoms with Crippen molar-refractivity contribution in [2.24, 2.45) is 0 Å². The molecule has 1 aliphatic carbocycles. The van der Waals surface area contributed by atoms with Crippen molar-refractivity contribution in [3.8, 4) is 0 Å². The Morgan fingerprint density at radius 3 is 2.46 bits per heavy atom. The molecule has 28 heavy (non-hydrogen) atoms. The minimum absolute atomic E-state index is 0.0293. The molecule has 1 aromatic heterocycles. The lowest BCUT2D eigenvalue weighted by atomic mass is 9.96. The van der Waals surface area contributed by atoms with E-state index in [1.165, 1.54) is 11.3 Å². The molecule has 0 saturated carbocycles. The minimum Gasteiger partial charge on any atom is -0.344 e. The van der Waals surface area contributed by atoms with Crippen LogP contribution in [-0.2, 0) is 30.2 Å². The van der Waals surface area contributed by atoms with Gasteiger partial charge in [-0.15, -0.1) is 0 Å². The normalized spacial score (nSPS) is 17.4. The van der Waals surface area contributed by atoms with Gasteiger partial charge in [-0.25, -0.2) is 0 Å². The van der Waals surface area contributed by atoms with Gasteiger partial charge in [-0.05, 0) is 49.9 Å². The molecular weight excluding hydrogens is 366 g/mol. The molecule has 2 aromatic carbocycles. The van der Waals surface area contributed by atoms with Gasteiger partial charge in [0.15, 0.2) is 5.78 Å². The molecule has 1 aliphatic rings. The Morgan fingerprint density at radius 1 is 1.07 bits per heavy atom. The number of nitrogens with zero attached hydrogens (tertiary/aromatic N) is 1. The van der Waals surface area contributed by atoms with E-state index in [1.807, 2.05) is 55.5 Å². The molecular formula is C24H25NO2S. The highest BCUT2D eigenvalue weighted by Gasteiger charge is 2.35. The van der Waals surface area contributed by atoms with Crippen molar-refractivity contribution in [2.75, 3.05) is 0 Å². The van der Waals surface area contributed by atoms with Crippen molar-refractivity contribution in [1.82, 2.24) is 4.57 Å². The Morgan fingerprint density at radius 2 is 1.79 bits per heavy atom. The molecule has 2 atom stereocenters. The van der Waals surface area contributed by atoms with Crippen molar-refractivity contribution < 1.29 is 9.00 Å². The minimum atomic E-state index is -1.31. The van der Waals surface area contributed by atoms with Crippen LogP contribution in [0.15, 0.2) is 65.6 Å². The van der Waals surface area contributed by atoms with Gasteiger partial charge in [-0.3, -0.25) is 9.00 Å². The van der Waals surface area contributed by atoms with Crippen molar-refractivity contribution in [3.05, 3.63) is 88.7 Å². The number of fused-ring (bicyclic) bond motifs is 1. The fourth-order valence-corrected chi connectivity index (χ4v) is 5.38. The quantitative estimate of drug-likeness (QED) is 0.632. The largest absolute Gasteiger partial charge is 0.344 e. The van der Waals surface area contributed by atoms with Crippen LogP contribution in [0.2, 0.25) is 0 Å². The predicted molar refractivity (Wildman–Crippen MR) is 113 cm³/mol. The van der Waals surface area contributed by atoms with Gasteiger partial charge < -0.3 is 4.57 Å². The average Bonchev–Trinajstić information content (AvgIpc) is 3.08. The predicted octanol–water partition coefficient (Wildman–Crippen LogP) is 4.71. The zero-order chi connectivity index (χ0) is 19.7. The highest BCUT2D eigenvalue weighted by atomic mass is 32.2. The molecule has 2 unspecified atom stereocenters. The molecule has 0 radical (unpaired) electrons. The van der Waals surface area contributed by atoms with Gasteiger partial charge in [-0.2, -0.15) is 0 Å². The monoisotopic (exact) mass is 391 g/mol. The number of Topliss-reactive ketones (excluding diaryl/α,β-unsaturated/α-hetero) is 1. The van der Waals surface area contributed by atoms with Crippen molar-refractivity contribution in [1.29, 1.82) is 0 Å². The molecule has 0 bridgehead atoms. The van der Waals surface area contributed by atoms with Gasteiger partial charge >= 0.3 is 0 Å². The van der Waals surface area contributed by atoms with Crippen LogP contribution in [0.5, 0.6) is 0 Å². The summed E-state index contributed by atoms with van der Waals surface area (Å²) in [5, 5.41) is -0.451.